The SMILES string of the molecule is O=C(CCc1ccc(Cl)cc1)N1CCCC(c2ccncn2)C1. The first-order chi connectivity index (χ1) is 11.2. The summed E-state index contributed by atoms with van der Waals surface area (Å²) in [4.78, 5) is 22.8. The zero-order chi connectivity index (χ0) is 16.1. The molecular formula is C18H20ClN3O. The Morgan fingerprint density at radius 1 is 1.26 bits per heavy atom. The standard InChI is InChI=1S/C18H20ClN3O/c19-16-6-3-14(4-7-16)5-8-18(23)22-11-1-2-15(12-22)17-9-10-20-13-21-17/h3-4,6-7,9-10,13,15H,1-2,5,8,11-12H2. The molecule has 1 unspecified atom stereocenters. The molecule has 0 spiro atoms. The van der Waals surface area contributed by atoms with E-state index in [2.05, 4.69) is 9.97 Å². The maximum Gasteiger partial charge on any atom is 0.222 e. The third-order valence-electron chi connectivity index (χ3n) is 4.34. The molecule has 0 N–H and O–H groups in total. The predicted octanol–water partition coefficient (Wildman–Crippen LogP) is 3.47. The molecule has 23 heavy (non-hydrogen) atoms. The van der Waals surface area contributed by atoms with Gasteiger partial charge in [0.25, 0.3) is 0 Å². The van der Waals surface area contributed by atoms with Gasteiger partial charge in [0.2, 0.25) is 5.91 Å². The van der Waals surface area contributed by atoms with Gasteiger partial charge in [0.05, 0.1) is 0 Å². The fraction of sp³-hybridized carbons (Fsp3) is 0.389. The van der Waals surface area contributed by atoms with E-state index < -0.39 is 0 Å². The maximum atomic E-state index is 12.5. The van der Waals surface area contributed by atoms with Crippen LogP contribution in [0.4, 0.5) is 0 Å². The highest BCUT2D eigenvalue weighted by atomic mass is 35.5. The number of benzene rings is 1. The smallest absolute Gasteiger partial charge is 0.222 e. The minimum atomic E-state index is 0.221. The lowest BCUT2D eigenvalue weighted by Crippen LogP contribution is -2.39. The van der Waals surface area contributed by atoms with E-state index in [9.17, 15) is 4.79 Å². The summed E-state index contributed by atoms with van der Waals surface area (Å²) < 4.78 is 0. The molecule has 0 saturated carbocycles. The van der Waals surface area contributed by atoms with E-state index in [1.807, 2.05) is 35.2 Å². The number of carbonyl (C=O) groups excluding carboxylic acids is 1. The van der Waals surface area contributed by atoms with Gasteiger partial charge in [0.15, 0.2) is 0 Å². The molecule has 1 aromatic heterocycles. The molecule has 5 heteroatoms. The van der Waals surface area contributed by atoms with Crippen LogP contribution in [0.3, 0.4) is 0 Å². The molecule has 1 atom stereocenters. The van der Waals surface area contributed by atoms with Crippen molar-refractivity contribution in [1.82, 2.24) is 14.9 Å². The zero-order valence-electron chi connectivity index (χ0n) is 13.0. The van der Waals surface area contributed by atoms with Crippen molar-refractivity contribution < 1.29 is 4.79 Å². The molecule has 1 fully saturated rings. The second-order valence-corrected chi connectivity index (χ2v) is 6.38. The minimum absolute atomic E-state index is 0.221. The van der Waals surface area contributed by atoms with Crippen LogP contribution >= 0.6 is 11.6 Å². The molecule has 1 saturated heterocycles. The molecule has 0 aliphatic carbocycles. The summed E-state index contributed by atoms with van der Waals surface area (Å²) in [5.74, 6) is 0.546. The van der Waals surface area contributed by atoms with Crippen molar-refractivity contribution >= 4 is 17.5 Å². The topological polar surface area (TPSA) is 46.1 Å². The number of piperidine rings is 1. The van der Waals surface area contributed by atoms with E-state index in [0.717, 1.165) is 48.6 Å². The summed E-state index contributed by atoms with van der Waals surface area (Å²) in [6.07, 6.45) is 6.75. The summed E-state index contributed by atoms with van der Waals surface area (Å²) >= 11 is 5.88. The van der Waals surface area contributed by atoms with Crippen LogP contribution in [0, 0.1) is 0 Å². The Labute approximate surface area is 141 Å². The summed E-state index contributed by atoms with van der Waals surface area (Å²) in [7, 11) is 0. The van der Waals surface area contributed by atoms with Gasteiger partial charge in [-0.25, -0.2) is 9.97 Å². The largest absolute Gasteiger partial charge is 0.342 e. The van der Waals surface area contributed by atoms with Gasteiger partial charge in [-0.05, 0) is 43.0 Å². The van der Waals surface area contributed by atoms with Crippen molar-refractivity contribution in [2.45, 2.75) is 31.6 Å². The van der Waals surface area contributed by atoms with E-state index in [1.165, 1.54) is 0 Å². The average molecular weight is 330 g/mol. The van der Waals surface area contributed by atoms with E-state index in [0.29, 0.717) is 12.3 Å². The molecule has 0 bridgehead atoms. The fourth-order valence-electron chi connectivity index (χ4n) is 3.05. The van der Waals surface area contributed by atoms with Crippen molar-refractivity contribution in [2.75, 3.05) is 13.1 Å². The zero-order valence-corrected chi connectivity index (χ0v) is 13.7. The van der Waals surface area contributed by atoms with Gasteiger partial charge in [-0.3, -0.25) is 4.79 Å². The quantitative estimate of drug-likeness (QED) is 0.862. The number of rotatable bonds is 4. The van der Waals surface area contributed by atoms with Gasteiger partial charge in [0.1, 0.15) is 6.33 Å². The first-order valence-corrected chi connectivity index (χ1v) is 8.38. The third kappa shape index (κ3) is 4.29. The Hall–Kier alpha value is -1.94. The summed E-state index contributed by atoms with van der Waals surface area (Å²) in [6, 6.07) is 9.65. The van der Waals surface area contributed by atoms with Crippen molar-refractivity contribution in [3.05, 3.63) is 59.1 Å². The van der Waals surface area contributed by atoms with Crippen molar-refractivity contribution in [2.24, 2.45) is 0 Å². The molecule has 4 nitrogen and oxygen atoms in total. The first kappa shape index (κ1) is 15.9. The van der Waals surface area contributed by atoms with Crippen LogP contribution in [0.25, 0.3) is 0 Å². The van der Waals surface area contributed by atoms with Gasteiger partial charge in [-0.1, -0.05) is 23.7 Å². The van der Waals surface area contributed by atoms with Crippen LogP contribution in [0.15, 0.2) is 42.9 Å². The van der Waals surface area contributed by atoms with Gasteiger partial charge in [0, 0.05) is 42.3 Å². The normalized spacial score (nSPS) is 18.0. The van der Waals surface area contributed by atoms with Crippen molar-refractivity contribution in [3.8, 4) is 0 Å². The Bertz CT molecular complexity index is 645. The lowest BCUT2D eigenvalue weighted by Gasteiger charge is -2.32. The number of aromatic nitrogens is 2. The van der Waals surface area contributed by atoms with Gasteiger partial charge in [-0.2, -0.15) is 0 Å². The van der Waals surface area contributed by atoms with Gasteiger partial charge < -0.3 is 4.90 Å². The number of amides is 1. The van der Waals surface area contributed by atoms with Gasteiger partial charge >= 0.3 is 0 Å². The van der Waals surface area contributed by atoms with E-state index in [1.54, 1.807) is 12.5 Å². The van der Waals surface area contributed by atoms with Crippen LogP contribution in [0.5, 0.6) is 0 Å². The number of halogens is 1. The molecule has 2 heterocycles. The molecule has 1 aliphatic heterocycles. The van der Waals surface area contributed by atoms with Crippen LogP contribution in [-0.2, 0) is 11.2 Å². The Balaban J connectivity index is 1.55. The molecule has 1 aliphatic rings. The van der Waals surface area contributed by atoms with Crippen LogP contribution < -0.4 is 0 Å². The molecular weight excluding hydrogens is 310 g/mol. The lowest BCUT2D eigenvalue weighted by atomic mass is 9.94. The monoisotopic (exact) mass is 329 g/mol. The third-order valence-corrected chi connectivity index (χ3v) is 4.59. The molecule has 1 amide bonds. The number of carbonyl (C=O) groups is 1. The van der Waals surface area contributed by atoms with E-state index in [-0.39, 0.29) is 5.91 Å². The highest BCUT2D eigenvalue weighted by molar-refractivity contribution is 6.30. The predicted molar refractivity (Wildman–Crippen MR) is 90.4 cm³/mol. The highest BCUT2D eigenvalue weighted by Crippen LogP contribution is 2.25. The molecule has 0 radical (unpaired) electrons. The Morgan fingerprint density at radius 3 is 2.83 bits per heavy atom. The van der Waals surface area contributed by atoms with E-state index in [4.69, 9.17) is 11.6 Å². The number of aryl methyl sites for hydroxylation is 1. The van der Waals surface area contributed by atoms with Gasteiger partial charge in [-0.15, -0.1) is 0 Å². The fourth-order valence-corrected chi connectivity index (χ4v) is 3.17. The Kier molecular flexibility index (Phi) is 5.23. The average Bonchev–Trinajstić information content (AvgIpc) is 2.62. The maximum absolute atomic E-state index is 12.5. The number of nitrogens with zero attached hydrogens (tertiary/aromatic N) is 3. The lowest BCUT2D eigenvalue weighted by molar-refractivity contribution is -0.132. The summed E-state index contributed by atoms with van der Waals surface area (Å²) in [5.41, 5.74) is 2.18. The minimum Gasteiger partial charge on any atom is -0.342 e. The summed E-state index contributed by atoms with van der Waals surface area (Å²) in [5, 5.41) is 0.726. The number of hydrogen-bond acceptors (Lipinski definition) is 3. The number of hydrogen-bond donors (Lipinski definition) is 0. The van der Waals surface area contributed by atoms with Crippen LogP contribution in [0.2, 0.25) is 5.02 Å². The summed E-state index contributed by atoms with van der Waals surface area (Å²) in [6.45, 7) is 1.61. The van der Waals surface area contributed by atoms with Crippen LogP contribution in [0.1, 0.15) is 36.4 Å². The molecule has 3 rings (SSSR count). The number of likely N-dealkylation sites (tertiary alicyclic amines) is 1. The van der Waals surface area contributed by atoms with Crippen molar-refractivity contribution in [3.63, 3.8) is 0 Å². The van der Waals surface area contributed by atoms with Crippen LogP contribution in [-0.4, -0.2) is 33.9 Å². The highest BCUT2D eigenvalue weighted by Gasteiger charge is 2.25. The Morgan fingerprint density at radius 2 is 2.09 bits per heavy atom. The van der Waals surface area contributed by atoms with Crippen molar-refractivity contribution in [1.29, 1.82) is 0 Å². The molecule has 120 valence electrons. The molecule has 1 aromatic carbocycles. The second kappa shape index (κ2) is 7.55. The first-order valence-electron chi connectivity index (χ1n) is 8.00. The second-order valence-electron chi connectivity index (χ2n) is 5.94. The molecule has 2 aromatic rings. The van der Waals surface area contributed by atoms with E-state index >= 15 is 0 Å².